The Labute approximate surface area is 141 Å². The van der Waals surface area contributed by atoms with E-state index < -0.39 is 0 Å². The van der Waals surface area contributed by atoms with Gasteiger partial charge >= 0.3 is 0 Å². The van der Waals surface area contributed by atoms with E-state index in [0.29, 0.717) is 21.6 Å². The van der Waals surface area contributed by atoms with Crippen LogP contribution in [0.1, 0.15) is 47.1 Å². The number of nitrogen functional groups attached to an aromatic ring is 1. The van der Waals surface area contributed by atoms with Crippen LogP contribution in [0.15, 0.2) is 12.1 Å². The van der Waals surface area contributed by atoms with Gasteiger partial charge < -0.3 is 5.73 Å². The summed E-state index contributed by atoms with van der Waals surface area (Å²) in [7, 11) is 0. The Bertz CT molecular complexity index is 868. The van der Waals surface area contributed by atoms with Gasteiger partial charge in [0.05, 0.1) is 5.69 Å². The second kappa shape index (κ2) is 6.21. The predicted molar refractivity (Wildman–Crippen MR) is 95.4 cm³/mol. The highest BCUT2D eigenvalue weighted by atomic mass is 32.1. The Morgan fingerprint density at radius 1 is 1.30 bits per heavy atom. The van der Waals surface area contributed by atoms with Crippen LogP contribution in [0, 0.1) is 0 Å². The van der Waals surface area contributed by atoms with Crippen molar-refractivity contribution in [2.75, 3.05) is 11.1 Å². The number of hydrogen-bond donors (Lipinski definition) is 2. The third kappa shape index (κ3) is 3.04. The smallest absolute Gasteiger partial charge is 0.269 e. The molecule has 0 aromatic carbocycles. The summed E-state index contributed by atoms with van der Waals surface area (Å²) in [6.45, 7) is 6.16. The number of carbonyl (C=O) groups excluding carboxylic acids is 1. The minimum atomic E-state index is -0.268. The molecule has 8 heteroatoms. The first-order chi connectivity index (χ1) is 11.0. The van der Waals surface area contributed by atoms with Crippen LogP contribution >= 0.6 is 22.7 Å². The van der Waals surface area contributed by atoms with Gasteiger partial charge in [-0.1, -0.05) is 32.1 Å². The van der Waals surface area contributed by atoms with Gasteiger partial charge in [-0.3, -0.25) is 10.1 Å². The summed E-state index contributed by atoms with van der Waals surface area (Å²) in [5.41, 5.74) is 7.58. The third-order valence-electron chi connectivity index (χ3n) is 3.40. The topological polar surface area (TPSA) is 93.8 Å². The zero-order chi connectivity index (χ0) is 16.6. The first-order valence-electron chi connectivity index (χ1n) is 7.32. The van der Waals surface area contributed by atoms with Gasteiger partial charge in [0.2, 0.25) is 5.13 Å². The number of nitrogens with two attached hydrogens (primary N) is 1. The summed E-state index contributed by atoms with van der Waals surface area (Å²) in [6, 6.07) is 3.89. The molecule has 0 aliphatic heterocycles. The highest BCUT2D eigenvalue weighted by Gasteiger charge is 2.19. The van der Waals surface area contributed by atoms with Crippen molar-refractivity contribution < 1.29 is 4.79 Å². The standard InChI is InChI=1S/C15H17N5OS2/c1-4-10-19-20-15(22-10)18-13(21)12-11(16)8-5-6-9(7(2)3)17-14(8)23-12/h5-7H,4,16H2,1-3H3,(H,18,20,21). The fourth-order valence-electron chi connectivity index (χ4n) is 2.10. The Kier molecular flexibility index (Phi) is 4.27. The Balaban J connectivity index is 1.92. The maximum Gasteiger partial charge on any atom is 0.269 e. The number of hydrogen-bond acceptors (Lipinski definition) is 7. The lowest BCUT2D eigenvalue weighted by Crippen LogP contribution is -2.11. The highest BCUT2D eigenvalue weighted by molar-refractivity contribution is 7.21. The molecule has 3 heterocycles. The summed E-state index contributed by atoms with van der Waals surface area (Å²) >= 11 is 2.67. The van der Waals surface area contributed by atoms with Gasteiger partial charge in [0.15, 0.2) is 0 Å². The van der Waals surface area contributed by atoms with Crippen LogP contribution in [-0.4, -0.2) is 21.1 Å². The summed E-state index contributed by atoms with van der Waals surface area (Å²) in [6.07, 6.45) is 0.792. The molecule has 0 spiro atoms. The predicted octanol–water partition coefficient (Wildman–Crippen LogP) is 3.67. The van der Waals surface area contributed by atoms with E-state index in [4.69, 9.17) is 5.73 Å². The molecule has 0 bridgehead atoms. The SMILES string of the molecule is CCc1nnc(NC(=O)c2sc3nc(C(C)C)ccc3c2N)s1. The number of aromatic nitrogens is 3. The molecular weight excluding hydrogens is 330 g/mol. The van der Waals surface area contributed by atoms with E-state index in [1.165, 1.54) is 22.7 Å². The molecule has 23 heavy (non-hydrogen) atoms. The second-order valence-corrected chi connectivity index (χ2v) is 7.46. The van der Waals surface area contributed by atoms with Gasteiger partial charge in [0.1, 0.15) is 14.7 Å². The molecule has 3 rings (SSSR count). The lowest BCUT2D eigenvalue weighted by Gasteiger charge is -2.03. The molecule has 0 fully saturated rings. The minimum Gasteiger partial charge on any atom is -0.397 e. The number of fused-ring (bicyclic) bond motifs is 1. The zero-order valence-electron chi connectivity index (χ0n) is 13.1. The molecule has 0 radical (unpaired) electrons. The van der Waals surface area contributed by atoms with E-state index in [2.05, 4.69) is 34.3 Å². The Hall–Kier alpha value is -2.06. The molecule has 120 valence electrons. The molecule has 0 atom stereocenters. The van der Waals surface area contributed by atoms with E-state index in [1.54, 1.807) is 0 Å². The monoisotopic (exact) mass is 347 g/mol. The lowest BCUT2D eigenvalue weighted by molar-refractivity contribution is 0.103. The van der Waals surface area contributed by atoms with Crippen molar-refractivity contribution in [2.24, 2.45) is 0 Å². The number of nitrogens with one attached hydrogen (secondary N) is 1. The molecule has 3 aromatic heterocycles. The molecule has 1 amide bonds. The van der Waals surface area contributed by atoms with Gasteiger partial charge in [-0.25, -0.2) is 4.98 Å². The molecular formula is C15H17N5OS2. The van der Waals surface area contributed by atoms with E-state index in [0.717, 1.165) is 27.3 Å². The summed E-state index contributed by atoms with van der Waals surface area (Å²) in [4.78, 5) is 18.3. The first kappa shape index (κ1) is 15.8. The highest BCUT2D eigenvalue weighted by Crippen LogP contribution is 2.34. The number of carbonyl (C=O) groups is 1. The number of thiophene rings is 1. The van der Waals surface area contributed by atoms with Gasteiger partial charge in [-0.15, -0.1) is 21.5 Å². The van der Waals surface area contributed by atoms with Crippen molar-refractivity contribution in [3.63, 3.8) is 0 Å². The average molecular weight is 347 g/mol. The third-order valence-corrected chi connectivity index (χ3v) is 5.50. The average Bonchev–Trinajstić information content (AvgIpc) is 3.11. The molecule has 3 N–H and O–H groups in total. The number of aryl methyl sites for hydroxylation is 1. The summed E-state index contributed by atoms with van der Waals surface area (Å²) in [5.74, 6) is 0.0595. The van der Waals surface area contributed by atoms with Crippen LogP contribution < -0.4 is 11.1 Å². The van der Waals surface area contributed by atoms with Crippen LogP contribution in [-0.2, 0) is 6.42 Å². The maximum absolute atomic E-state index is 12.5. The fraction of sp³-hybridized carbons (Fsp3) is 0.333. The number of amides is 1. The molecule has 6 nitrogen and oxygen atoms in total. The fourth-order valence-corrected chi connectivity index (χ4v) is 3.77. The number of pyridine rings is 1. The van der Waals surface area contributed by atoms with Crippen molar-refractivity contribution in [1.82, 2.24) is 15.2 Å². The molecule has 0 saturated carbocycles. The van der Waals surface area contributed by atoms with E-state index >= 15 is 0 Å². The van der Waals surface area contributed by atoms with Crippen LogP contribution in [0.2, 0.25) is 0 Å². The zero-order valence-corrected chi connectivity index (χ0v) is 14.7. The van der Waals surface area contributed by atoms with Crippen LogP contribution in [0.25, 0.3) is 10.2 Å². The second-order valence-electron chi connectivity index (χ2n) is 5.40. The van der Waals surface area contributed by atoms with Crippen molar-refractivity contribution in [2.45, 2.75) is 33.1 Å². The Morgan fingerprint density at radius 3 is 2.74 bits per heavy atom. The largest absolute Gasteiger partial charge is 0.397 e. The number of rotatable bonds is 4. The number of anilines is 2. The number of nitrogens with zero attached hydrogens (tertiary/aromatic N) is 3. The van der Waals surface area contributed by atoms with Gasteiger partial charge in [-0.2, -0.15) is 0 Å². The van der Waals surface area contributed by atoms with E-state index in [1.807, 2.05) is 19.1 Å². The first-order valence-corrected chi connectivity index (χ1v) is 8.95. The molecule has 0 aliphatic carbocycles. The van der Waals surface area contributed by atoms with Crippen molar-refractivity contribution >= 4 is 49.6 Å². The van der Waals surface area contributed by atoms with Gasteiger partial charge in [0.25, 0.3) is 5.91 Å². The maximum atomic E-state index is 12.5. The van der Waals surface area contributed by atoms with Crippen molar-refractivity contribution in [3.05, 3.63) is 27.7 Å². The molecule has 0 unspecified atom stereocenters. The lowest BCUT2D eigenvalue weighted by atomic mass is 10.1. The van der Waals surface area contributed by atoms with Crippen LogP contribution in [0.4, 0.5) is 10.8 Å². The quantitative estimate of drug-likeness (QED) is 0.751. The van der Waals surface area contributed by atoms with Crippen LogP contribution in [0.5, 0.6) is 0 Å². The Morgan fingerprint density at radius 2 is 2.09 bits per heavy atom. The van der Waals surface area contributed by atoms with Crippen LogP contribution in [0.3, 0.4) is 0 Å². The van der Waals surface area contributed by atoms with Crippen molar-refractivity contribution in [3.8, 4) is 0 Å². The summed E-state index contributed by atoms with van der Waals surface area (Å²) in [5, 5.41) is 12.9. The molecule has 3 aromatic rings. The normalized spacial score (nSPS) is 11.3. The van der Waals surface area contributed by atoms with Crippen molar-refractivity contribution in [1.29, 1.82) is 0 Å². The van der Waals surface area contributed by atoms with Gasteiger partial charge in [-0.05, 0) is 24.5 Å². The molecule has 0 aliphatic rings. The van der Waals surface area contributed by atoms with E-state index in [-0.39, 0.29) is 5.91 Å². The summed E-state index contributed by atoms with van der Waals surface area (Å²) < 4.78 is 0. The van der Waals surface area contributed by atoms with E-state index in [9.17, 15) is 4.79 Å². The minimum absolute atomic E-state index is 0.268. The van der Waals surface area contributed by atoms with Gasteiger partial charge in [0, 0.05) is 11.1 Å². The molecule has 0 saturated heterocycles.